The summed E-state index contributed by atoms with van der Waals surface area (Å²) in [6.07, 6.45) is 0. The van der Waals surface area contributed by atoms with E-state index in [9.17, 15) is 0 Å². The van der Waals surface area contributed by atoms with Gasteiger partial charge < -0.3 is 10.2 Å². The van der Waals surface area contributed by atoms with E-state index in [0.717, 1.165) is 7.11 Å². The van der Waals surface area contributed by atoms with Gasteiger partial charge in [0.25, 0.3) is 0 Å². The van der Waals surface area contributed by atoms with Gasteiger partial charge in [-0.05, 0) is 12.1 Å². The molecule has 0 fully saturated rings. The van der Waals surface area contributed by atoms with Crippen LogP contribution in [0.25, 0.3) is 0 Å². The molecule has 0 aliphatic rings. The van der Waals surface area contributed by atoms with Gasteiger partial charge in [0.05, 0.1) is 0 Å². The van der Waals surface area contributed by atoms with E-state index in [0.29, 0.717) is 5.75 Å². The summed E-state index contributed by atoms with van der Waals surface area (Å²) in [6, 6.07) is 8.71. The van der Waals surface area contributed by atoms with Crippen molar-refractivity contribution >= 4 is 0 Å². The maximum absolute atomic E-state index is 8.63. The second-order valence-electron chi connectivity index (χ2n) is 1.34. The lowest BCUT2D eigenvalue weighted by molar-refractivity contribution is 0.399. The van der Waals surface area contributed by atoms with Crippen molar-refractivity contribution in [3.05, 3.63) is 30.3 Å². The normalized spacial score (nSPS) is 7.33. The molecule has 0 radical (unpaired) electrons. The van der Waals surface area contributed by atoms with Crippen molar-refractivity contribution < 1.29 is 10.2 Å². The molecule has 0 saturated carbocycles. The lowest BCUT2D eigenvalue weighted by atomic mass is 10.3. The van der Waals surface area contributed by atoms with Crippen LogP contribution >= 0.6 is 0 Å². The molecule has 2 heteroatoms. The molecule has 0 unspecified atom stereocenters. The van der Waals surface area contributed by atoms with Crippen LogP contribution in [0.4, 0.5) is 0 Å². The van der Waals surface area contributed by atoms with Crippen molar-refractivity contribution in [2.45, 2.75) is 0 Å². The van der Waals surface area contributed by atoms with Gasteiger partial charge in [0.15, 0.2) is 0 Å². The Morgan fingerprint density at radius 2 is 1.44 bits per heavy atom. The van der Waals surface area contributed by atoms with Crippen molar-refractivity contribution in [1.82, 2.24) is 0 Å². The minimum Gasteiger partial charge on any atom is -0.508 e. The first-order valence-electron chi connectivity index (χ1n) is 2.58. The van der Waals surface area contributed by atoms with Crippen molar-refractivity contribution in [3.63, 3.8) is 0 Å². The van der Waals surface area contributed by atoms with Crippen LogP contribution in [0.15, 0.2) is 30.3 Å². The van der Waals surface area contributed by atoms with Crippen molar-refractivity contribution in [3.8, 4) is 5.75 Å². The van der Waals surface area contributed by atoms with Crippen molar-refractivity contribution in [2.24, 2.45) is 0 Å². The van der Waals surface area contributed by atoms with E-state index in [1.807, 2.05) is 6.07 Å². The summed E-state index contributed by atoms with van der Waals surface area (Å²) in [4.78, 5) is 0. The lowest BCUT2D eigenvalue weighted by Crippen LogP contribution is -1.56. The van der Waals surface area contributed by atoms with Gasteiger partial charge in [-0.2, -0.15) is 0 Å². The van der Waals surface area contributed by atoms with Crippen molar-refractivity contribution in [2.75, 3.05) is 7.11 Å². The monoisotopic (exact) mass is 126 g/mol. The highest BCUT2D eigenvalue weighted by Gasteiger charge is 1.74. The minimum atomic E-state index is 0.322. The zero-order valence-corrected chi connectivity index (χ0v) is 5.28. The number of rotatable bonds is 0. The Balaban J connectivity index is 0.000000291. The second-order valence-corrected chi connectivity index (χ2v) is 1.34. The molecule has 0 bridgehead atoms. The average Bonchev–Trinajstić information content (AvgIpc) is 1.94. The maximum Gasteiger partial charge on any atom is 0.115 e. The van der Waals surface area contributed by atoms with Crippen LogP contribution in [-0.2, 0) is 0 Å². The second kappa shape index (κ2) is 5.12. The number of phenolic OH excluding ortho intramolecular Hbond substituents is 1. The average molecular weight is 126 g/mol. The van der Waals surface area contributed by atoms with Crippen LogP contribution in [0.5, 0.6) is 5.75 Å². The highest BCUT2D eigenvalue weighted by molar-refractivity contribution is 5.18. The van der Waals surface area contributed by atoms with Gasteiger partial charge in [0.2, 0.25) is 0 Å². The Morgan fingerprint density at radius 1 is 1.00 bits per heavy atom. The molecule has 0 heterocycles. The van der Waals surface area contributed by atoms with E-state index in [-0.39, 0.29) is 0 Å². The molecule has 2 nitrogen and oxygen atoms in total. The molecule has 9 heavy (non-hydrogen) atoms. The Kier molecular flexibility index (Phi) is 4.54. The molecular formula is C7H10O2. The van der Waals surface area contributed by atoms with Crippen LogP contribution in [0.1, 0.15) is 0 Å². The van der Waals surface area contributed by atoms with Crippen LogP contribution < -0.4 is 0 Å². The number of benzene rings is 1. The standard InChI is InChI=1S/C6H6O.CH4O/c7-6-4-2-1-3-5-6;1-2/h1-5,7H;2H,1H3. The lowest BCUT2D eigenvalue weighted by Gasteiger charge is -1.82. The SMILES string of the molecule is CO.Oc1ccccc1. The maximum atomic E-state index is 8.63. The number of aliphatic hydroxyl groups excluding tert-OH is 1. The smallest absolute Gasteiger partial charge is 0.115 e. The Hall–Kier alpha value is -1.02. The fraction of sp³-hybridized carbons (Fsp3) is 0.143. The summed E-state index contributed by atoms with van der Waals surface area (Å²) in [7, 11) is 1.00. The molecule has 0 atom stereocenters. The Morgan fingerprint density at radius 3 is 1.67 bits per heavy atom. The summed E-state index contributed by atoms with van der Waals surface area (Å²) < 4.78 is 0. The molecule has 1 aromatic carbocycles. The summed E-state index contributed by atoms with van der Waals surface area (Å²) >= 11 is 0. The first-order valence-corrected chi connectivity index (χ1v) is 2.58. The highest BCUT2D eigenvalue weighted by Crippen LogP contribution is 2.02. The zero-order chi connectivity index (χ0) is 7.11. The highest BCUT2D eigenvalue weighted by atomic mass is 16.3. The van der Waals surface area contributed by atoms with Gasteiger partial charge in [0.1, 0.15) is 5.75 Å². The topological polar surface area (TPSA) is 40.5 Å². The summed E-state index contributed by atoms with van der Waals surface area (Å²) in [5, 5.41) is 15.6. The van der Waals surface area contributed by atoms with Gasteiger partial charge in [-0.3, -0.25) is 0 Å². The number of phenols is 1. The zero-order valence-electron chi connectivity index (χ0n) is 5.28. The number of aliphatic hydroxyl groups is 1. The van der Waals surface area contributed by atoms with E-state index < -0.39 is 0 Å². The largest absolute Gasteiger partial charge is 0.508 e. The number of hydrogen-bond acceptors (Lipinski definition) is 2. The van der Waals surface area contributed by atoms with Crippen LogP contribution in [0.3, 0.4) is 0 Å². The van der Waals surface area contributed by atoms with E-state index in [2.05, 4.69) is 0 Å². The van der Waals surface area contributed by atoms with Gasteiger partial charge in [-0.1, -0.05) is 18.2 Å². The molecule has 0 spiro atoms. The number of para-hydroxylation sites is 1. The number of aromatic hydroxyl groups is 1. The fourth-order valence-corrected chi connectivity index (χ4v) is 0.428. The number of hydrogen-bond donors (Lipinski definition) is 2. The summed E-state index contributed by atoms with van der Waals surface area (Å²) in [6.45, 7) is 0. The molecule has 1 aromatic rings. The molecule has 0 aromatic heterocycles. The molecule has 0 amide bonds. The first-order chi connectivity index (χ1) is 4.39. The van der Waals surface area contributed by atoms with Crippen LogP contribution in [-0.4, -0.2) is 17.3 Å². The quantitative estimate of drug-likeness (QED) is 0.544. The third kappa shape index (κ3) is 3.55. The Labute approximate surface area is 54.4 Å². The summed E-state index contributed by atoms with van der Waals surface area (Å²) in [5.74, 6) is 0.322. The van der Waals surface area contributed by atoms with Gasteiger partial charge in [0, 0.05) is 7.11 Å². The summed E-state index contributed by atoms with van der Waals surface area (Å²) in [5.41, 5.74) is 0. The minimum absolute atomic E-state index is 0.322. The van der Waals surface area contributed by atoms with Gasteiger partial charge in [-0.15, -0.1) is 0 Å². The van der Waals surface area contributed by atoms with Crippen molar-refractivity contribution in [1.29, 1.82) is 0 Å². The van der Waals surface area contributed by atoms with Crippen LogP contribution in [0.2, 0.25) is 0 Å². The Bertz CT molecular complexity index is 137. The molecule has 0 saturated heterocycles. The van der Waals surface area contributed by atoms with E-state index in [1.54, 1.807) is 24.3 Å². The molecule has 1 rings (SSSR count). The molecule has 0 aliphatic heterocycles. The molecule has 50 valence electrons. The fourth-order valence-electron chi connectivity index (χ4n) is 0.428. The predicted molar refractivity (Wildman–Crippen MR) is 36.2 cm³/mol. The van der Waals surface area contributed by atoms with Gasteiger partial charge >= 0.3 is 0 Å². The molecule has 2 N–H and O–H groups in total. The molecule has 0 aliphatic carbocycles. The van der Waals surface area contributed by atoms with Crippen LogP contribution in [0, 0.1) is 0 Å². The molecular weight excluding hydrogens is 116 g/mol. The first kappa shape index (κ1) is 7.98. The predicted octanol–water partition coefficient (Wildman–Crippen LogP) is 1.00. The van der Waals surface area contributed by atoms with E-state index in [4.69, 9.17) is 10.2 Å². The van der Waals surface area contributed by atoms with E-state index in [1.165, 1.54) is 0 Å². The van der Waals surface area contributed by atoms with Gasteiger partial charge in [-0.25, -0.2) is 0 Å². The van der Waals surface area contributed by atoms with E-state index >= 15 is 0 Å². The third-order valence-corrected chi connectivity index (χ3v) is 0.756. The third-order valence-electron chi connectivity index (χ3n) is 0.756.